The second-order valence-corrected chi connectivity index (χ2v) is 7.29. The van der Waals surface area contributed by atoms with Gasteiger partial charge in [0.15, 0.2) is 5.82 Å². The molecule has 3 N–H and O–H groups in total. The summed E-state index contributed by atoms with van der Waals surface area (Å²) in [5.74, 6) is -0.306. The molecule has 2 amide bonds. The summed E-state index contributed by atoms with van der Waals surface area (Å²) in [6, 6.07) is 0.0606. The Kier molecular flexibility index (Phi) is 5.85. The average Bonchev–Trinajstić information content (AvgIpc) is 2.87. The molecule has 0 aromatic carbocycles. The van der Waals surface area contributed by atoms with Crippen LogP contribution in [0.3, 0.4) is 0 Å². The molecule has 0 unspecified atom stereocenters. The number of nitrogens with one attached hydrogen (secondary N) is 2. The number of hydrogen-bond donors (Lipinski definition) is 3. The van der Waals surface area contributed by atoms with E-state index in [1.54, 1.807) is 0 Å². The van der Waals surface area contributed by atoms with Gasteiger partial charge in [-0.1, -0.05) is 19.3 Å². The van der Waals surface area contributed by atoms with Crippen molar-refractivity contribution in [3.05, 3.63) is 11.8 Å². The van der Waals surface area contributed by atoms with E-state index in [0.717, 1.165) is 18.4 Å². The highest BCUT2D eigenvalue weighted by atomic mass is 16.4. The number of hydrogen-bond acceptors (Lipinski definition) is 3. The molecular weight excluding hydrogens is 308 g/mol. The van der Waals surface area contributed by atoms with Crippen LogP contribution in [0.4, 0.5) is 10.6 Å². The smallest absolute Gasteiger partial charge is 0.320 e. The van der Waals surface area contributed by atoms with Crippen molar-refractivity contribution in [2.24, 2.45) is 0 Å². The van der Waals surface area contributed by atoms with Gasteiger partial charge in [0.25, 0.3) is 0 Å². The summed E-state index contributed by atoms with van der Waals surface area (Å²) in [5.41, 5.74) is 0.335. The first-order chi connectivity index (χ1) is 11.3. The Balaban J connectivity index is 1.93. The van der Waals surface area contributed by atoms with E-state index in [1.165, 1.54) is 19.3 Å². The molecule has 1 aromatic rings. The summed E-state index contributed by atoms with van der Waals surface area (Å²) in [6.07, 6.45) is 8.38. The lowest BCUT2D eigenvalue weighted by atomic mass is 9.96. The fraction of sp³-hybridized carbons (Fsp3) is 0.706. The van der Waals surface area contributed by atoms with Gasteiger partial charge in [0, 0.05) is 23.7 Å². The van der Waals surface area contributed by atoms with Crippen LogP contribution < -0.4 is 10.6 Å². The van der Waals surface area contributed by atoms with Crippen molar-refractivity contribution in [3.8, 4) is 0 Å². The van der Waals surface area contributed by atoms with E-state index >= 15 is 0 Å². The number of rotatable bonds is 6. The average molecular weight is 336 g/mol. The van der Waals surface area contributed by atoms with E-state index in [9.17, 15) is 9.59 Å². The summed E-state index contributed by atoms with van der Waals surface area (Å²) in [4.78, 5) is 22.9. The summed E-state index contributed by atoms with van der Waals surface area (Å²) in [5, 5.41) is 18.9. The maximum Gasteiger partial charge on any atom is 0.320 e. The lowest BCUT2D eigenvalue weighted by molar-refractivity contribution is -0.137. The molecule has 1 aromatic heterocycles. The van der Waals surface area contributed by atoms with Crippen LogP contribution in [0.25, 0.3) is 0 Å². The van der Waals surface area contributed by atoms with Crippen molar-refractivity contribution < 1.29 is 14.7 Å². The number of carboxylic acids is 1. The van der Waals surface area contributed by atoms with E-state index in [-0.39, 0.29) is 12.5 Å². The van der Waals surface area contributed by atoms with Crippen LogP contribution in [0.2, 0.25) is 0 Å². The van der Waals surface area contributed by atoms with Gasteiger partial charge in [0.2, 0.25) is 0 Å². The predicted molar refractivity (Wildman–Crippen MR) is 92.2 cm³/mol. The zero-order chi connectivity index (χ0) is 17.7. The van der Waals surface area contributed by atoms with Gasteiger partial charge in [0.1, 0.15) is 0 Å². The summed E-state index contributed by atoms with van der Waals surface area (Å²) in [6.45, 7) is 5.55. The van der Waals surface area contributed by atoms with Gasteiger partial charge >= 0.3 is 12.0 Å². The van der Waals surface area contributed by atoms with Crippen LogP contribution in [0.5, 0.6) is 0 Å². The second-order valence-electron chi connectivity index (χ2n) is 7.29. The van der Waals surface area contributed by atoms with Crippen LogP contribution in [-0.2, 0) is 4.79 Å². The van der Waals surface area contributed by atoms with Crippen molar-refractivity contribution in [3.63, 3.8) is 0 Å². The number of carbonyl (C=O) groups is 2. The molecule has 1 saturated carbocycles. The molecule has 0 saturated heterocycles. The molecule has 0 bridgehead atoms. The third-order valence-corrected chi connectivity index (χ3v) is 4.51. The first kappa shape index (κ1) is 18.3. The van der Waals surface area contributed by atoms with E-state index in [0.29, 0.717) is 18.3 Å². The molecule has 0 radical (unpaired) electrons. The maximum atomic E-state index is 12.2. The highest BCUT2D eigenvalue weighted by Gasteiger charge is 2.23. The number of carbonyl (C=O) groups excluding carboxylic acids is 1. The monoisotopic (exact) mass is 336 g/mol. The molecule has 1 aliphatic rings. The quantitative estimate of drug-likeness (QED) is 0.741. The minimum absolute atomic E-state index is 0.0165. The number of aryl methyl sites for hydroxylation is 1. The molecular formula is C17H28N4O3. The van der Waals surface area contributed by atoms with Crippen molar-refractivity contribution in [2.45, 2.75) is 77.3 Å². The molecule has 7 heteroatoms. The second kappa shape index (κ2) is 7.68. The van der Waals surface area contributed by atoms with E-state index in [1.807, 2.05) is 31.6 Å². The first-order valence-corrected chi connectivity index (χ1v) is 8.63. The number of aromatic nitrogens is 2. The molecule has 0 spiro atoms. The number of nitrogens with zero attached hydrogens (tertiary/aromatic N) is 2. The normalized spacial score (nSPS) is 16.0. The molecule has 0 aliphatic heterocycles. The largest absolute Gasteiger partial charge is 0.481 e. The van der Waals surface area contributed by atoms with Crippen molar-refractivity contribution in [2.75, 3.05) is 5.32 Å². The Morgan fingerprint density at radius 1 is 1.33 bits per heavy atom. The van der Waals surface area contributed by atoms with E-state index in [2.05, 4.69) is 15.7 Å². The van der Waals surface area contributed by atoms with Gasteiger partial charge in [-0.25, -0.2) is 4.79 Å². The van der Waals surface area contributed by atoms with Crippen LogP contribution in [0, 0.1) is 6.92 Å². The third kappa shape index (κ3) is 5.25. The Hall–Kier alpha value is -2.05. The Bertz CT molecular complexity index is 589. The number of aliphatic carboxylic acids is 1. The molecule has 2 rings (SSSR count). The van der Waals surface area contributed by atoms with Gasteiger partial charge in [-0.2, -0.15) is 5.10 Å². The fourth-order valence-electron chi connectivity index (χ4n) is 3.07. The van der Waals surface area contributed by atoms with Gasteiger partial charge in [-0.15, -0.1) is 0 Å². The van der Waals surface area contributed by atoms with E-state index in [4.69, 9.17) is 5.11 Å². The molecule has 134 valence electrons. The summed E-state index contributed by atoms with van der Waals surface area (Å²) in [7, 11) is 0. The molecule has 0 atom stereocenters. The lowest BCUT2D eigenvalue weighted by Crippen LogP contribution is -2.45. The van der Waals surface area contributed by atoms with Crippen LogP contribution in [0.15, 0.2) is 6.20 Å². The van der Waals surface area contributed by atoms with Gasteiger partial charge in [-0.05, 0) is 40.0 Å². The molecule has 24 heavy (non-hydrogen) atoms. The lowest BCUT2D eigenvalue weighted by Gasteiger charge is -2.25. The molecule has 7 nitrogen and oxygen atoms in total. The van der Waals surface area contributed by atoms with Crippen molar-refractivity contribution in [1.29, 1.82) is 0 Å². The highest BCUT2D eigenvalue weighted by molar-refractivity contribution is 5.89. The zero-order valence-electron chi connectivity index (χ0n) is 14.8. The van der Waals surface area contributed by atoms with Crippen molar-refractivity contribution >= 4 is 17.8 Å². The van der Waals surface area contributed by atoms with Gasteiger partial charge < -0.3 is 10.4 Å². The molecule has 1 heterocycles. The Morgan fingerprint density at radius 2 is 2.00 bits per heavy atom. The van der Waals surface area contributed by atoms with Crippen LogP contribution >= 0.6 is 0 Å². The fourth-order valence-corrected chi connectivity index (χ4v) is 3.07. The minimum Gasteiger partial charge on any atom is -0.481 e. The third-order valence-electron chi connectivity index (χ3n) is 4.51. The van der Waals surface area contributed by atoms with Gasteiger partial charge in [0.05, 0.1) is 6.04 Å². The standard InChI is InChI=1S/C17H28N4O3/c1-12-11-21(13-7-5-4-6-8-13)20-15(12)18-16(24)19-17(2,3)10-9-14(22)23/h11,13H,4-10H2,1-3H3,(H,22,23)(H2,18,19,20,24). The predicted octanol–water partition coefficient (Wildman–Crippen LogP) is 3.46. The van der Waals surface area contributed by atoms with E-state index < -0.39 is 11.5 Å². The summed E-state index contributed by atoms with van der Waals surface area (Å²) < 4.78 is 1.97. The van der Waals surface area contributed by atoms with Crippen LogP contribution in [-0.4, -0.2) is 32.4 Å². The Labute approximate surface area is 142 Å². The minimum atomic E-state index is -0.868. The first-order valence-electron chi connectivity index (χ1n) is 8.63. The number of urea groups is 1. The van der Waals surface area contributed by atoms with Gasteiger partial charge in [-0.3, -0.25) is 14.8 Å². The topological polar surface area (TPSA) is 96.3 Å². The highest BCUT2D eigenvalue weighted by Crippen LogP contribution is 2.29. The SMILES string of the molecule is Cc1cn(C2CCCCC2)nc1NC(=O)NC(C)(C)CCC(=O)O. The number of anilines is 1. The Morgan fingerprint density at radius 3 is 2.62 bits per heavy atom. The zero-order valence-corrected chi connectivity index (χ0v) is 14.8. The summed E-state index contributed by atoms with van der Waals surface area (Å²) >= 11 is 0. The van der Waals surface area contributed by atoms with Crippen molar-refractivity contribution in [1.82, 2.24) is 15.1 Å². The van der Waals surface area contributed by atoms with Crippen LogP contribution in [0.1, 0.15) is 70.4 Å². The number of carboxylic acid groups (broad SMARTS) is 1. The molecule has 1 aliphatic carbocycles. The maximum absolute atomic E-state index is 12.2. The molecule has 1 fully saturated rings. The number of amides is 2.